The van der Waals surface area contributed by atoms with Gasteiger partial charge in [0.15, 0.2) is 0 Å². The number of esters is 1. The third-order valence-electron chi connectivity index (χ3n) is 4.55. The molecule has 0 saturated heterocycles. The van der Waals surface area contributed by atoms with Crippen molar-refractivity contribution in [1.29, 1.82) is 0 Å². The van der Waals surface area contributed by atoms with Crippen molar-refractivity contribution >= 4 is 30.8 Å². The molecule has 168 valence electrons. The maximum Gasteiger partial charge on any atom is 0.308 e. The van der Waals surface area contributed by atoms with Gasteiger partial charge in [-0.1, -0.05) is 38.8 Å². The molecule has 2 atom stereocenters. The van der Waals surface area contributed by atoms with Crippen molar-refractivity contribution in [2.45, 2.75) is 44.8 Å². The minimum Gasteiger partial charge on any atom is -0.469 e. The third-order valence-corrected chi connectivity index (χ3v) is 4.72. The van der Waals surface area contributed by atoms with E-state index in [1.165, 1.54) is 29.6 Å². The number of benzene rings is 1. The van der Waals surface area contributed by atoms with E-state index in [9.17, 15) is 19.4 Å². The molecule has 2 N–H and O–H groups in total. The maximum atomic E-state index is 13.5. The van der Waals surface area contributed by atoms with Gasteiger partial charge in [-0.25, -0.2) is 14.4 Å². The summed E-state index contributed by atoms with van der Waals surface area (Å²) in [6.45, 7) is 3.96. The SMILES string of the molecule is COC(=O)C[C@H](O)C[C@H](O)/C=C/c1c(-c2ccc(F)cc2)nc(N(C)S)nc1C(C)C. The van der Waals surface area contributed by atoms with Gasteiger partial charge in [-0.3, -0.25) is 9.10 Å². The zero-order chi connectivity index (χ0) is 23.1. The Morgan fingerprint density at radius 3 is 2.45 bits per heavy atom. The van der Waals surface area contributed by atoms with E-state index in [0.29, 0.717) is 22.8 Å². The molecule has 0 radical (unpaired) electrons. The fraction of sp³-hybridized carbons (Fsp3) is 0.409. The van der Waals surface area contributed by atoms with Crippen molar-refractivity contribution in [2.75, 3.05) is 18.5 Å². The quantitative estimate of drug-likeness (QED) is 0.399. The first-order chi connectivity index (χ1) is 14.6. The first-order valence-corrected chi connectivity index (χ1v) is 10.2. The molecular formula is C22H28FN3O4S. The first kappa shape index (κ1) is 24.8. The topological polar surface area (TPSA) is 95.8 Å². The molecule has 0 aliphatic heterocycles. The standard InChI is InChI=1S/C22H28FN3O4S/c1-13(2)20-18(10-9-16(27)11-17(28)12-19(29)30-4)21(25-22(24-20)26(3)31)14-5-7-15(23)8-6-14/h5-10,13,16-17,27-28,31H,11-12H2,1-4H3/b10-9+/t16-,17-/m1/s1. The van der Waals surface area contributed by atoms with E-state index >= 15 is 0 Å². The lowest BCUT2D eigenvalue weighted by Gasteiger charge is -2.18. The van der Waals surface area contributed by atoms with Gasteiger partial charge in [-0.05, 0) is 30.2 Å². The summed E-state index contributed by atoms with van der Waals surface area (Å²) in [4.78, 5) is 20.4. The monoisotopic (exact) mass is 449 g/mol. The van der Waals surface area contributed by atoms with Crippen LogP contribution in [0.5, 0.6) is 0 Å². The number of carbonyl (C=O) groups is 1. The van der Waals surface area contributed by atoms with E-state index in [0.717, 1.165) is 5.69 Å². The summed E-state index contributed by atoms with van der Waals surface area (Å²) in [5, 5.41) is 20.3. The molecular weight excluding hydrogens is 421 g/mol. The molecule has 1 heterocycles. The molecule has 0 amide bonds. The number of hydrogen-bond acceptors (Lipinski definition) is 8. The van der Waals surface area contributed by atoms with Crippen LogP contribution in [0.1, 0.15) is 43.9 Å². The van der Waals surface area contributed by atoms with Crippen LogP contribution in [0.4, 0.5) is 10.3 Å². The molecule has 0 aliphatic carbocycles. The van der Waals surface area contributed by atoms with E-state index in [-0.39, 0.29) is 24.6 Å². The number of aliphatic hydroxyl groups excluding tert-OH is 2. The Morgan fingerprint density at radius 1 is 1.26 bits per heavy atom. The zero-order valence-electron chi connectivity index (χ0n) is 18.0. The van der Waals surface area contributed by atoms with Gasteiger partial charge in [0.1, 0.15) is 5.82 Å². The zero-order valence-corrected chi connectivity index (χ0v) is 18.9. The van der Waals surface area contributed by atoms with Gasteiger partial charge in [0.2, 0.25) is 5.95 Å². The number of methoxy groups -OCH3 is 1. The Kier molecular flexibility index (Phi) is 8.97. The Labute approximate surface area is 187 Å². The van der Waals surface area contributed by atoms with Gasteiger partial charge in [0.25, 0.3) is 0 Å². The van der Waals surface area contributed by atoms with Crippen LogP contribution in [-0.2, 0) is 9.53 Å². The Bertz CT molecular complexity index is 920. The smallest absolute Gasteiger partial charge is 0.308 e. The molecule has 7 nitrogen and oxygen atoms in total. The second-order valence-electron chi connectivity index (χ2n) is 7.45. The van der Waals surface area contributed by atoms with Crippen molar-refractivity contribution in [3.63, 3.8) is 0 Å². The van der Waals surface area contributed by atoms with Crippen molar-refractivity contribution < 1.29 is 24.1 Å². The van der Waals surface area contributed by atoms with Crippen molar-refractivity contribution in [3.05, 3.63) is 47.4 Å². The highest BCUT2D eigenvalue weighted by Crippen LogP contribution is 2.31. The lowest BCUT2D eigenvalue weighted by atomic mass is 9.97. The highest BCUT2D eigenvalue weighted by molar-refractivity contribution is 7.81. The van der Waals surface area contributed by atoms with Gasteiger partial charge in [0.05, 0.1) is 37.1 Å². The fourth-order valence-corrected chi connectivity index (χ4v) is 3.06. The summed E-state index contributed by atoms with van der Waals surface area (Å²) in [5.74, 6) is -0.502. The molecule has 0 spiro atoms. The molecule has 0 aliphatic rings. The van der Waals surface area contributed by atoms with Crippen LogP contribution >= 0.6 is 12.8 Å². The van der Waals surface area contributed by atoms with Gasteiger partial charge in [-0.2, -0.15) is 0 Å². The number of ether oxygens (including phenoxy) is 1. The highest BCUT2D eigenvalue weighted by Gasteiger charge is 2.19. The minimum absolute atomic E-state index is 0.0240. The van der Waals surface area contributed by atoms with Gasteiger partial charge < -0.3 is 14.9 Å². The van der Waals surface area contributed by atoms with Crippen molar-refractivity contribution in [1.82, 2.24) is 9.97 Å². The molecule has 0 bridgehead atoms. The Balaban J connectivity index is 2.45. The molecule has 1 aromatic carbocycles. The van der Waals surface area contributed by atoms with Crippen molar-refractivity contribution in [3.8, 4) is 11.3 Å². The Morgan fingerprint density at radius 2 is 1.90 bits per heavy atom. The molecule has 2 aromatic rings. The van der Waals surface area contributed by atoms with Gasteiger partial charge >= 0.3 is 5.97 Å². The highest BCUT2D eigenvalue weighted by atomic mass is 32.1. The van der Waals surface area contributed by atoms with Gasteiger partial charge in [0, 0.05) is 24.6 Å². The van der Waals surface area contributed by atoms with Crippen LogP contribution < -0.4 is 4.31 Å². The van der Waals surface area contributed by atoms with Crippen LogP contribution in [0.3, 0.4) is 0 Å². The fourth-order valence-electron chi connectivity index (χ4n) is 2.98. The van der Waals surface area contributed by atoms with E-state index < -0.39 is 18.2 Å². The number of halogens is 1. The Hall–Kier alpha value is -2.49. The predicted molar refractivity (Wildman–Crippen MR) is 121 cm³/mol. The first-order valence-electron chi connectivity index (χ1n) is 9.84. The largest absolute Gasteiger partial charge is 0.469 e. The number of hydrogen-bond donors (Lipinski definition) is 3. The second-order valence-corrected chi connectivity index (χ2v) is 8.05. The molecule has 1 aromatic heterocycles. The number of rotatable bonds is 9. The number of thiol groups is 1. The number of aromatic nitrogens is 2. The van der Waals surface area contributed by atoms with Crippen molar-refractivity contribution in [2.24, 2.45) is 0 Å². The normalized spacial score (nSPS) is 13.5. The van der Waals surface area contributed by atoms with E-state index in [1.807, 2.05) is 13.8 Å². The molecule has 0 saturated carbocycles. The van der Waals surface area contributed by atoms with Crippen LogP contribution in [0.15, 0.2) is 30.3 Å². The number of anilines is 1. The van der Waals surface area contributed by atoms with Crippen LogP contribution in [-0.4, -0.2) is 52.5 Å². The number of nitrogens with zero attached hydrogens (tertiary/aromatic N) is 3. The summed E-state index contributed by atoms with van der Waals surface area (Å²) >= 11 is 4.30. The minimum atomic E-state index is -1.04. The molecule has 0 fully saturated rings. The van der Waals surface area contributed by atoms with E-state index in [1.54, 1.807) is 25.3 Å². The molecule has 0 unspecified atom stereocenters. The average Bonchev–Trinajstić information content (AvgIpc) is 2.71. The lowest BCUT2D eigenvalue weighted by molar-refractivity contribution is -0.143. The summed E-state index contributed by atoms with van der Waals surface area (Å²) in [6.07, 6.45) is 0.921. The molecule has 31 heavy (non-hydrogen) atoms. The van der Waals surface area contributed by atoms with Crippen LogP contribution in [0.25, 0.3) is 17.3 Å². The predicted octanol–water partition coefficient (Wildman–Crippen LogP) is 3.38. The van der Waals surface area contributed by atoms with E-state index in [2.05, 4.69) is 27.5 Å². The number of carbonyl (C=O) groups excluding carboxylic acids is 1. The van der Waals surface area contributed by atoms with Gasteiger partial charge in [-0.15, -0.1) is 0 Å². The lowest BCUT2D eigenvalue weighted by Crippen LogP contribution is -2.20. The summed E-state index contributed by atoms with van der Waals surface area (Å²) < 4.78 is 19.5. The summed E-state index contributed by atoms with van der Waals surface area (Å²) in [5.41, 5.74) is 2.64. The van der Waals surface area contributed by atoms with Crippen LogP contribution in [0.2, 0.25) is 0 Å². The maximum absolute atomic E-state index is 13.5. The average molecular weight is 450 g/mol. The number of aliphatic hydroxyl groups is 2. The van der Waals surface area contributed by atoms with Crippen LogP contribution in [0, 0.1) is 5.82 Å². The molecule has 2 rings (SSSR count). The van der Waals surface area contributed by atoms with E-state index in [4.69, 9.17) is 0 Å². The second kappa shape index (κ2) is 11.2. The summed E-state index contributed by atoms with van der Waals surface area (Å²) in [6, 6.07) is 5.94. The third kappa shape index (κ3) is 7.02. The summed E-state index contributed by atoms with van der Waals surface area (Å²) in [7, 11) is 2.95. The molecule has 9 heteroatoms.